The van der Waals surface area contributed by atoms with E-state index in [0.29, 0.717) is 17.8 Å². The molecule has 1 aliphatic heterocycles. The Hall–Kier alpha value is -4.00. The molecule has 1 amide bonds. The molecule has 28 heavy (non-hydrogen) atoms. The number of rotatable bonds is 5. The van der Waals surface area contributed by atoms with Gasteiger partial charge in [0.05, 0.1) is 22.8 Å². The number of nitrogens with one attached hydrogen (secondary N) is 1. The number of anilines is 2. The van der Waals surface area contributed by atoms with Crippen LogP contribution in [0.5, 0.6) is 0 Å². The number of hydrogen-bond acceptors (Lipinski definition) is 5. The molecule has 3 aromatic rings. The highest BCUT2D eigenvalue weighted by Crippen LogP contribution is 2.29. The van der Waals surface area contributed by atoms with Crippen LogP contribution in [0.1, 0.15) is 11.1 Å². The molecule has 0 aliphatic carbocycles. The van der Waals surface area contributed by atoms with Gasteiger partial charge in [-0.2, -0.15) is 5.10 Å². The van der Waals surface area contributed by atoms with Crippen LogP contribution in [0.15, 0.2) is 84.0 Å². The molecule has 3 aromatic carbocycles. The second-order valence-corrected chi connectivity index (χ2v) is 6.27. The number of para-hydroxylation sites is 1. The van der Waals surface area contributed by atoms with E-state index in [1.54, 1.807) is 5.01 Å². The summed E-state index contributed by atoms with van der Waals surface area (Å²) in [5, 5.41) is 20.1. The smallest absolute Gasteiger partial charge is 0.276 e. The number of nitro groups is 1. The summed E-state index contributed by atoms with van der Waals surface area (Å²) in [5.41, 5.74) is 2.84. The average Bonchev–Trinajstić information content (AvgIpc) is 3.03. The summed E-state index contributed by atoms with van der Waals surface area (Å²) < 4.78 is 0. The van der Waals surface area contributed by atoms with Gasteiger partial charge in [0.25, 0.3) is 11.6 Å². The highest BCUT2D eigenvalue weighted by Gasteiger charge is 2.29. The van der Waals surface area contributed by atoms with Crippen LogP contribution in [0.3, 0.4) is 0 Å². The van der Waals surface area contributed by atoms with E-state index in [1.807, 2.05) is 60.7 Å². The molecular weight excluding hydrogens is 356 g/mol. The van der Waals surface area contributed by atoms with Gasteiger partial charge in [-0.25, -0.2) is 0 Å². The highest BCUT2D eigenvalue weighted by molar-refractivity contribution is 6.54. The average molecular weight is 372 g/mol. The monoisotopic (exact) mass is 372 g/mol. The maximum Gasteiger partial charge on any atom is 0.276 e. The summed E-state index contributed by atoms with van der Waals surface area (Å²) in [5.74, 6) is -0.385. The Bertz CT molecular complexity index is 1070. The number of carbonyl (C=O) groups is 1. The minimum Gasteiger partial charge on any atom is -0.320 e. The number of non-ortho nitro benzene ring substituents is 1. The summed E-state index contributed by atoms with van der Waals surface area (Å²) in [6.45, 7) is 0.450. The number of nitrogens with zero attached hydrogens (tertiary/aromatic N) is 3. The van der Waals surface area contributed by atoms with Crippen molar-refractivity contribution in [2.45, 2.75) is 6.54 Å². The van der Waals surface area contributed by atoms with Crippen LogP contribution >= 0.6 is 0 Å². The largest absolute Gasteiger partial charge is 0.320 e. The molecule has 7 heteroatoms. The van der Waals surface area contributed by atoms with E-state index in [-0.39, 0.29) is 17.3 Å². The summed E-state index contributed by atoms with van der Waals surface area (Å²) in [7, 11) is 0. The first-order chi connectivity index (χ1) is 13.6. The maximum atomic E-state index is 12.5. The van der Waals surface area contributed by atoms with E-state index in [9.17, 15) is 14.9 Å². The van der Waals surface area contributed by atoms with Crippen molar-refractivity contribution in [3.63, 3.8) is 0 Å². The van der Waals surface area contributed by atoms with Gasteiger partial charge in [0.15, 0.2) is 5.71 Å². The van der Waals surface area contributed by atoms with Crippen molar-refractivity contribution in [2.24, 2.45) is 5.10 Å². The standard InChI is InChI=1S/C21H16N4O3/c26-21-20(18-13-17(25(27)28)11-12-19(18)22-21)23-24(16-9-5-2-6-10-16)14-15-7-3-1-4-8-15/h1-13H,14H2,(H,22,23,26). The topological polar surface area (TPSA) is 87.8 Å². The van der Waals surface area contributed by atoms with Crippen molar-refractivity contribution in [3.8, 4) is 0 Å². The fourth-order valence-electron chi connectivity index (χ4n) is 3.02. The molecule has 138 valence electrons. The zero-order valence-electron chi connectivity index (χ0n) is 14.8. The molecule has 0 unspecified atom stereocenters. The first-order valence-electron chi connectivity index (χ1n) is 8.67. The van der Waals surface area contributed by atoms with Crippen LogP contribution in [0.2, 0.25) is 0 Å². The van der Waals surface area contributed by atoms with Gasteiger partial charge >= 0.3 is 0 Å². The molecule has 0 aromatic heterocycles. The summed E-state index contributed by atoms with van der Waals surface area (Å²) >= 11 is 0. The van der Waals surface area contributed by atoms with Gasteiger partial charge in [-0.3, -0.25) is 19.9 Å². The molecule has 0 saturated heterocycles. The summed E-state index contributed by atoms with van der Waals surface area (Å²) in [6.07, 6.45) is 0. The lowest BCUT2D eigenvalue weighted by Crippen LogP contribution is -2.23. The predicted octanol–water partition coefficient (Wildman–Crippen LogP) is 3.96. The Morgan fingerprint density at radius 3 is 2.32 bits per heavy atom. The van der Waals surface area contributed by atoms with E-state index in [2.05, 4.69) is 10.4 Å². The minimum atomic E-state index is -0.486. The first-order valence-corrected chi connectivity index (χ1v) is 8.67. The number of hydrogen-bond donors (Lipinski definition) is 1. The number of benzene rings is 3. The fraction of sp³-hybridized carbons (Fsp3) is 0.0476. The maximum absolute atomic E-state index is 12.5. The lowest BCUT2D eigenvalue weighted by atomic mass is 10.1. The molecule has 1 heterocycles. The second-order valence-electron chi connectivity index (χ2n) is 6.27. The molecule has 1 aliphatic rings. The molecule has 0 atom stereocenters. The molecule has 0 bridgehead atoms. The predicted molar refractivity (Wildman–Crippen MR) is 107 cm³/mol. The third kappa shape index (κ3) is 3.45. The molecule has 1 N–H and O–H groups in total. The van der Waals surface area contributed by atoms with Gasteiger partial charge in [0, 0.05) is 17.7 Å². The lowest BCUT2D eigenvalue weighted by Gasteiger charge is -2.20. The number of nitro benzene ring substituents is 1. The zero-order chi connectivity index (χ0) is 19.5. The molecule has 0 fully saturated rings. The Labute approximate surface area is 161 Å². The fourth-order valence-corrected chi connectivity index (χ4v) is 3.02. The second kappa shape index (κ2) is 7.32. The molecular formula is C21H16N4O3. The van der Waals surface area contributed by atoms with Gasteiger partial charge in [0.1, 0.15) is 0 Å². The molecule has 0 radical (unpaired) electrons. The zero-order valence-corrected chi connectivity index (χ0v) is 14.8. The number of fused-ring (bicyclic) bond motifs is 1. The van der Waals surface area contributed by atoms with Crippen molar-refractivity contribution < 1.29 is 9.72 Å². The van der Waals surface area contributed by atoms with Crippen molar-refractivity contribution in [2.75, 3.05) is 10.3 Å². The van der Waals surface area contributed by atoms with E-state index < -0.39 is 4.92 Å². The Morgan fingerprint density at radius 1 is 0.964 bits per heavy atom. The van der Waals surface area contributed by atoms with Gasteiger partial charge in [-0.05, 0) is 23.8 Å². The third-order valence-corrected chi connectivity index (χ3v) is 4.38. The van der Waals surface area contributed by atoms with Crippen LogP contribution in [-0.4, -0.2) is 16.5 Å². The summed E-state index contributed by atoms with van der Waals surface area (Å²) in [6, 6.07) is 23.5. The molecule has 7 nitrogen and oxygen atoms in total. The van der Waals surface area contributed by atoms with Crippen molar-refractivity contribution in [1.29, 1.82) is 0 Å². The van der Waals surface area contributed by atoms with Crippen LogP contribution in [0.25, 0.3) is 0 Å². The minimum absolute atomic E-state index is 0.0859. The quantitative estimate of drug-likeness (QED) is 0.542. The summed E-state index contributed by atoms with van der Waals surface area (Å²) in [4.78, 5) is 23.1. The van der Waals surface area contributed by atoms with E-state index in [4.69, 9.17) is 0 Å². The van der Waals surface area contributed by atoms with E-state index >= 15 is 0 Å². The van der Waals surface area contributed by atoms with Crippen LogP contribution in [-0.2, 0) is 11.3 Å². The van der Waals surface area contributed by atoms with E-state index in [0.717, 1.165) is 11.3 Å². The first kappa shape index (κ1) is 17.4. The Balaban J connectivity index is 1.78. The number of hydrazone groups is 1. The third-order valence-electron chi connectivity index (χ3n) is 4.38. The normalized spacial score (nSPS) is 13.9. The highest BCUT2D eigenvalue weighted by atomic mass is 16.6. The SMILES string of the molecule is O=C1Nc2ccc([N+](=O)[O-])cc2/C1=N/N(Cc1ccccc1)c1ccccc1. The number of carbonyl (C=O) groups excluding carboxylic acids is 1. The van der Waals surface area contributed by atoms with Crippen molar-refractivity contribution >= 4 is 28.7 Å². The lowest BCUT2D eigenvalue weighted by molar-refractivity contribution is -0.384. The number of amides is 1. The van der Waals surface area contributed by atoms with Crippen molar-refractivity contribution in [1.82, 2.24) is 0 Å². The molecule has 0 saturated carbocycles. The Kier molecular flexibility index (Phi) is 4.55. The van der Waals surface area contributed by atoms with Gasteiger partial charge in [-0.1, -0.05) is 48.5 Å². The molecule has 4 rings (SSSR count). The van der Waals surface area contributed by atoms with Gasteiger partial charge in [0.2, 0.25) is 0 Å². The van der Waals surface area contributed by atoms with Gasteiger partial charge < -0.3 is 5.32 Å². The van der Waals surface area contributed by atoms with E-state index in [1.165, 1.54) is 18.2 Å². The van der Waals surface area contributed by atoms with Crippen LogP contribution in [0.4, 0.5) is 17.1 Å². The van der Waals surface area contributed by atoms with Gasteiger partial charge in [-0.15, -0.1) is 0 Å². The van der Waals surface area contributed by atoms with Crippen LogP contribution < -0.4 is 10.3 Å². The van der Waals surface area contributed by atoms with Crippen LogP contribution in [0, 0.1) is 10.1 Å². The Morgan fingerprint density at radius 2 is 1.64 bits per heavy atom. The molecule has 0 spiro atoms. The van der Waals surface area contributed by atoms with Crippen molar-refractivity contribution in [3.05, 3.63) is 100 Å².